The lowest BCUT2D eigenvalue weighted by molar-refractivity contribution is -0.253. The molecule has 2 nitrogen and oxygen atoms in total. The molecule has 0 aromatic heterocycles. The Balaban J connectivity index is 3.05. The smallest absolute Gasteiger partial charge is 0.161 e. The van der Waals surface area contributed by atoms with Crippen LogP contribution in [0.2, 0.25) is 0 Å². The molecule has 1 aromatic rings. The van der Waals surface area contributed by atoms with Crippen LogP contribution in [0.5, 0.6) is 0 Å². The Labute approximate surface area is 66.1 Å². The van der Waals surface area contributed by atoms with Gasteiger partial charge >= 0.3 is 0 Å². The SMILES string of the molecule is OOCc1cc(F)c(F)cc1F. The van der Waals surface area contributed by atoms with Gasteiger partial charge in [0.1, 0.15) is 12.4 Å². The number of halogens is 3. The fraction of sp³-hybridized carbons (Fsp3) is 0.143. The molecular formula is C7H5F3O2. The first-order valence-electron chi connectivity index (χ1n) is 3.05. The fourth-order valence-corrected chi connectivity index (χ4v) is 0.744. The maximum Gasteiger partial charge on any atom is 0.161 e. The molecule has 0 radical (unpaired) electrons. The van der Waals surface area contributed by atoms with E-state index in [-0.39, 0.29) is 5.56 Å². The second kappa shape index (κ2) is 3.55. The summed E-state index contributed by atoms with van der Waals surface area (Å²) in [5, 5.41) is 7.92. The molecule has 0 saturated carbocycles. The Morgan fingerprint density at radius 3 is 2.25 bits per heavy atom. The van der Waals surface area contributed by atoms with E-state index in [2.05, 4.69) is 4.89 Å². The summed E-state index contributed by atoms with van der Waals surface area (Å²) < 4.78 is 37.3. The predicted octanol–water partition coefficient (Wildman–Crippen LogP) is 2.09. The van der Waals surface area contributed by atoms with E-state index in [1.54, 1.807) is 0 Å². The van der Waals surface area contributed by atoms with Crippen molar-refractivity contribution >= 4 is 0 Å². The van der Waals surface area contributed by atoms with Crippen LogP contribution >= 0.6 is 0 Å². The molecule has 0 amide bonds. The molecule has 0 saturated heterocycles. The van der Waals surface area contributed by atoms with Crippen molar-refractivity contribution in [3.8, 4) is 0 Å². The van der Waals surface area contributed by atoms with Crippen LogP contribution in [0.25, 0.3) is 0 Å². The van der Waals surface area contributed by atoms with Gasteiger partial charge in [-0.3, -0.25) is 5.26 Å². The Morgan fingerprint density at radius 1 is 1.08 bits per heavy atom. The average molecular weight is 178 g/mol. The van der Waals surface area contributed by atoms with Crippen LogP contribution in [0, 0.1) is 17.5 Å². The highest BCUT2D eigenvalue weighted by Gasteiger charge is 2.09. The monoisotopic (exact) mass is 178 g/mol. The van der Waals surface area contributed by atoms with Gasteiger partial charge in [0, 0.05) is 11.6 Å². The molecule has 0 atom stereocenters. The third-order valence-electron chi connectivity index (χ3n) is 1.31. The van der Waals surface area contributed by atoms with Gasteiger partial charge in [-0.25, -0.2) is 18.1 Å². The number of benzene rings is 1. The van der Waals surface area contributed by atoms with Gasteiger partial charge in [0.25, 0.3) is 0 Å². The van der Waals surface area contributed by atoms with Gasteiger partial charge in [0.05, 0.1) is 0 Å². The zero-order valence-corrected chi connectivity index (χ0v) is 5.85. The first-order valence-corrected chi connectivity index (χ1v) is 3.05. The van der Waals surface area contributed by atoms with Crippen molar-refractivity contribution in [1.29, 1.82) is 0 Å². The quantitative estimate of drug-likeness (QED) is 0.427. The molecule has 0 heterocycles. The molecule has 0 fully saturated rings. The highest BCUT2D eigenvalue weighted by atomic mass is 19.2. The molecule has 0 spiro atoms. The first kappa shape index (κ1) is 9.02. The van der Waals surface area contributed by atoms with Crippen LogP contribution in [0.3, 0.4) is 0 Å². The molecule has 0 unspecified atom stereocenters. The Morgan fingerprint density at radius 2 is 1.67 bits per heavy atom. The van der Waals surface area contributed by atoms with Gasteiger partial charge in [-0.05, 0) is 6.07 Å². The van der Waals surface area contributed by atoms with Crippen LogP contribution in [0.1, 0.15) is 5.56 Å². The Kier molecular flexibility index (Phi) is 2.67. The molecular weight excluding hydrogens is 173 g/mol. The van der Waals surface area contributed by atoms with Crippen molar-refractivity contribution in [1.82, 2.24) is 0 Å². The lowest BCUT2D eigenvalue weighted by Crippen LogP contribution is -1.96. The summed E-state index contributed by atoms with van der Waals surface area (Å²) >= 11 is 0. The van der Waals surface area contributed by atoms with Crippen LogP contribution < -0.4 is 0 Å². The van der Waals surface area contributed by atoms with Crippen molar-refractivity contribution in [2.45, 2.75) is 6.61 Å². The van der Waals surface area contributed by atoms with Gasteiger partial charge in [-0.15, -0.1) is 0 Å². The van der Waals surface area contributed by atoms with E-state index in [1.807, 2.05) is 0 Å². The third-order valence-corrected chi connectivity index (χ3v) is 1.31. The van der Waals surface area contributed by atoms with E-state index in [9.17, 15) is 13.2 Å². The molecule has 1 aromatic carbocycles. The van der Waals surface area contributed by atoms with Gasteiger partial charge < -0.3 is 0 Å². The summed E-state index contributed by atoms with van der Waals surface area (Å²) in [6.07, 6.45) is 0. The second-order valence-corrected chi connectivity index (χ2v) is 2.13. The Bertz CT molecular complexity index is 288. The molecule has 0 aliphatic heterocycles. The summed E-state index contributed by atoms with van der Waals surface area (Å²) in [5.41, 5.74) is -0.239. The predicted molar refractivity (Wildman–Crippen MR) is 33.7 cm³/mol. The first-order chi connectivity index (χ1) is 5.65. The highest BCUT2D eigenvalue weighted by Crippen LogP contribution is 2.13. The van der Waals surface area contributed by atoms with Crippen LogP contribution in [-0.2, 0) is 11.5 Å². The molecule has 0 aliphatic carbocycles. The topological polar surface area (TPSA) is 29.5 Å². The number of rotatable bonds is 2. The average Bonchev–Trinajstić information content (AvgIpc) is 2.01. The molecule has 1 N–H and O–H groups in total. The summed E-state index contributed by atoms with van der Waals surface area (Å²) in [5.74, 6) is -3.40. The summed E-state index contributed by atoms with van der Waals surface area (Å²) in [6, 6.07) is 1.02. The third kappa shape index (κ3) is 1.75. The van der Waals surface area contributed by atoms with Gasteiger partial charge in [0.2, 0.25) is 0 Å². The summed E-state index contributed by atoms with van der Waals surface area (Å²) in [4.78, 5) is 3.57. The molecule has 0 aliphatic rings. The van der Waals surface area contributed by atoms with Crippen molar-refractivity contribution < 1.29 is 23.3 Å². The van der Waals surface area contributed by atoms with Crippen LogP contribution in [-0.4, -0.2) is 5.26 Å². The largest absolute Gasteiger partial charge is 0.251 e. The maximum atomic E-state index is 12.6. The van der Waals surface area contributed by atoms with E-state index in [1.165, 1.54) is 0 Å². The summed E-state index contributed by atoms with van der Waals surface area (Å²) in [6.45, 7) is -0.511. The fourth-order valence-electron chi connectivity index (χ4n) is 0.744. The normalized spacial score (nSPS) is 10.3. The van der Waals surface area contributed by atoms with Crippen molar-refractivity contribution in [2.75, 3.05) is 0 Å². The van der Waals surface area contributed by atoms with E-state index in [0.717, 1.165) is 0 Å². The van der Waals surface area contributed by atoms with E-state index < -0.39 is 24.1 Å². The standard InChI is InChI=1S/C7H5F3O2/c8-5-2-7(10)6(9)1-4(5)3-12-11/h1-2,11H,3H2. The number of hydrogen-bond donors (Lipinski definition) is 1. The Hall–Kier alpha value is -1.07. The van der Waals surface area contributed by atoms with Gasteiger partial charge in [-0.1, -0.05) is 0 Å². The number of hydrogen-bond acceptors (Lipinski definition) is 2. The molecule has 66 valence electrons. The van der Waals surface area contributed by atoms with E-state index in [4.69, 9.17) is 5.26 Å². The van der Waals surface area contributed by atoms with E-state index >= 15 is 0 Å². The molecule has 1 rings (SSSR count). The molecule has 5 heteroatoms. The van der Waals surface area contributed by atoms with Crippen LogP contribution in [0.4, 0.5) is 13.2 Å². The lowest BCUT2D eigenvalue weighted by Gasteiger charge is -2.00. The minimum atomic E-state index is -1.27. The highest BCUT2D eigenvalue weighted by molar-refractivity contribution is 5.19. The van der Waals surface area contributed by atoms with Crippen molar-refractivity contribution in [3.63, 3.8) is 0 Å². The zero-order valence-electron chi connectivity index (χ0n) is 5.85. The zero-order chi connectivity index (χ0) is 9.14. The minimum Gasteiger partial charge on any atom is -0.251 e. The van der Waals surface area contributed by atoms with Gasteiger partial charge in [0.15, 0.2) is 11.6 Å². The summed E-state index contributed by atoms with van der Waals surface area (Å²) in [7, 11) is 0. The van der Waals surface area contributed by atoms with Crippen LogP contribution in [0.15, 0.2) is 12.1 Å². The van der Waals surface area contributed by atoms with Gasteiger partial charge in [-0.2, -0.15) is 0 Å². The lowest BCUT2D eigenvalue weighted by atomic mass is 10.2. The minimum absolute atomic E-state index is 0.239. The molecule has 0 bridgehead atoms. The van der Waals surface area contributed by atoms with Crippen molar-refractivity contribution in [2.24, 2.45) is 0 Å². The second-order valence-electron chi connectivity index (χ2n) is 2.13. The molecule has 12 heavy (non-hydrogen) atoms. The van der Waals surface area contributed by atoms with E-state index in [0.29, 0.717) is 12.1 Å². The van der Waals surface area contributed by atoms with Crippen molar-refractivity contribution in [3.05, 3.63) is 35.1 Å². The maximum absolute atomic E-state index is 12.6.